The highest BCUT2D eigenvalue weighted by atomic mass is 16.5. The van der Waals surface area contributed by atoms with Crippen molar-refractivity contribution < 1.29 is 9.94 Å². The van der Waals surface area contributed by atoms with Crippen molar-refractivity contribution >= 4 is 5.84 Å². The average Bonchev–Trinajstić information content (AvgIpc) is 2.90. The maximum Gasteiger partial charge on any atom is 0.173 e. The van der Waals surface area contributed by atoms with Gasteiger partial charge >= 0.3 is 0 Å². The van der Waals surface area contributed by atoms with E-state index >= 15 is 0 Å². The van der Waals surface area contributed by atoms with Crippen molar-refractivity contribution in [2.24, 2.45) is 10.9 Å². The Bertz CT molecular complexity index is 440. The summed E-state index contributed by atoms with van der Waals surface area (Å²) in [6, 6.07) is 5.80. The van der Waals surface area contributed by atoms with E-state index in [1.807, 2.05) is 18.2 Å². The van der Waals surface area contributed by atoms with Crippen LogP contribution in [0.15, 0.2) is 23.4 Å². The molecular weight excluding hydrogens is 230 g/mol. The number of benzene rings is 1. The standard InChI is InChI=1S/C13H19N3O2/c1-18-12-5-4-10(8-11(12)13(14)15-17)9-16-6-2-3-7-16/h4-5,8,17H,2-3,6-7,9H2,1H3,(H2,14,15). The van der Waals surface area contributed by atoms with Gasteiger partial charge in [0.05, 0.1) is 12.7 Å². The van der Waals surface area contributed by atoms with Gasteiger partial charge in [0, 0.05) is 6.54 Å². The van der Waals surface area contributed by atoms with Crippen LogP contribution in [0.2, 0.25) is 0 Å². The molecule has 5 nitrogen and oxygen atoms in total. The molecule has 0 atom stereocenters. The Labute approximate surface area is 107 Å². The van der Waals surface area contributed by atoms with Crippen LogP contribution in [0, 0.1) is 0 Å². The van der Waals surface area contributed by atoms with Crippen molar-refractivity contribution in [1.29, 1.82) is 0 Å². The second-order valence-electron chi connectivity index (χ2n) is 4.50. The van der Waals surface area contributed by atoms with E-state index in [0.717, 1.165) is 25.2 Å². The minimum atomic E-state index is 0.0788. The molecule has 0 amide bonds. The first-order chi connectivity index (χ1) is 8.74. The maximum absolute atomic E-state index is 8.78. The summed E-state index contributed by atoms with van der Waals surface area (Å²) < 4.78 is 5.21. The van der Waals surface area contributed by atoms with Gasteiger partial charge in [0.25, 0.3) is 0 Å². The highest BCUT2D eigenvalue weighted by Crippen LogP contribution is 2.21. The van der Waals surface area contributed by atoms with E-state index in [9.17, 15) is 0 Å². The average molecular weight is 249 g/mol. The molecule has 2 rings (SSSR count). The van der Waals surface area contributed by atoms with Crippen molar-refractivity contribution in [2.45, 2.75) is 19.4 Å². The topological polar surface area (TPSA) is 71.1 Å². The van der Waals surface area contributed by atoms with E-state index in [0.29, 0.717) is 11.3 Å². The minimum Gasteiger partial charge on any atom is -0.496 e. The third-order valence-corrected chi connectivity index (χ3v) is 3.25. The molecule has 0 bridgehead atoms. The summed E-state index contributed by atoms with van der Waals surface area (Å²) in [7, 11) is 1.57. The van der Waals surface area contributed by atoms with E-state index in [1.165, 1.54) is 12.8 Å². The van der Waals surface area contributed by atoms with Gasteiger partial charge in [-0.05, 0) is 43.6 Å². The van der Waals surface area contributed by atoms with Gasteiger partial charge < -0.3 is 15.7 Å². The van der Waals surface area contributed by atoms with Gasteiger partial charge in [-0.3, -0.25) is 4.90 Å². The van der Waals surface area contributed by atoms with Crippen molar-refractivity contribution in [1.82, 2.24) is 4.90 Å². The van der Waals surface area contributed by atoms with Crippen molar-refractivity contribution in [3.8, 4) is 5.75 Å². The van der Waals surface area contributed by atoms with Crippen molar-refractivity contribution in [3.63, 3.8) is 0 Å². The number of amidine groups is 1. The lowest BCUT2D eigenvalue weighted by Crippen LogP contribution is -2.19. The number of hydrogen-bond acceptors (Lipinski definition) is 4. The quantitative estimate of drug-likeness (QED) is 0.366. The lowest BCUT2D eigenvalue weighted by molar-refractivity contribution is 0.318. The fraction of sp³-hybridized carbons (Fsp3) is 0.462. The van der Waals surface area contributed by atoms with Gasteiger partial charge in [0.1, 0.15) is 5.75 Å². The van der Waals surface area contributed by atoms with E-state index in [4.69, 9.17) is 15.7 Å². The minimum absolute atomic E-state index is 0.0788. The second-order valence-corrected chi connectivity index (χ2v) is 4.50. The number of ether oxygens (including phenoxy) is 1. The molecule has 0 aliphatic carbocycles. The summed E-state index contributed by atoms with van der Waals surface area (Å²) in [4.78, 5) is 2.40. The van der Waals surface area contributed by atoms with Crippen LogP contribution in [0.4, 0.5) is 0 Å². The number of likely N-dealkylation sites (tertiary alicyclic amines) is 1. The van der Waals surface area contributed by atoms with E-state index in [1.54, 1.807) is 7.11 Å². The Balaban J connectivity index is 2.21. The third-order valence-electron chi connectivity index (χ3n) is 3.25. The molecule has 3 N–H and O–H groups in total. The number of methoxy groups -OCH3 is 1. The zero-order valence-corrected chi connectivity index (χ0v) is 10.6. The van der Waals surface area contributed by atoms with Gasteiger partial charge in [-0.1, -0.05) is 11.2 Å². The van der Waals surface area contributed by atoms with Gasteiger partial charge in [-0.2, -0.15) is 0 Å². The van der Waals surface area contributed by atoms with Gasteiger partial charge in [-0.15, -0.1) is 0 Å². The largest absolute Gasteiger partial charge is 0.496 e. The van der Waals surface area contributed by atoms with Crippen LogP contribution in [-0.4, -0.2) is 36.1 Å². The smallest absolute Gasteiger partial charge is 0.173 e. The highest BCUT2D eigenvalue weighted by Gasteiger charge is 2.14. The maximum atomic E-state index is 8.78. The molecule has 1 saturated heterocycles. The molecule has 5 heteroatoms. The Morgan fingerprint density at radius 3 is 2.78 bits per heavy atom. The summed E-state index contributed by atoms with van der Waals surface area (Å²) in [6.07, 6.45) is 2.53. The van der Waals surface area contributed by atoms with Crippen molar-refractivity contribution in [3.05, 3.63) is 29.3 Å². The van der Waals surface area contributed by atoms with Crippen LogP contribution >= 0.6 is 0 Å². The summed E-state index contributed by atoms with van der Waals surface area (Å²) in [5.74, 6) is 0.700. The zero-order chi connectivity index (χ0) is 13.0. The van der Waals surface area contributed by atoms with Gasteiger partial charge in [0.15, 0.2) is 5.84 Å². The summed E-state index contributed by atoms with van der Waals surface area (Å²) >= 11 is 0. The predicted octanol–water partition coefficient (Wildman–Crippen LogP) is 1.39. The molecule has 0 saturated carbocycles. The first kappa shape index (κ1) is 12.7. The molecule has 0 radical (unpaired) electrons. The van der Waals surface area contributed by atoms with Crippen molar-refractivity contribution in [2.75, 3.05) is 20.2 Å². The molecule has 98 valence electrons. The molecule has 0 unspecified atom stereocenters. The Morgan fingerprint density at radius 1 is 1.44 bits per heavy atom. The first-order valence-corrected chi connectivity index (χ1v) is 6.11. The normalized spacial score (nSPS) is 17.1. The third kappa shape index (κ3) is 2.73. The molecule has 1 aromatic carbocycles. The van der Waals surface area contributed by atoms with E-state index < -0.39 is 0 Å². The summed E-state index contributed by atoms with van der Waals surface area (Å²) in [5.41, 5.74) is 7.44. The molecule has 1 heterocycles. The molecular formula is C13H19N3O2. The Kier molecular flexibility index (Phi) is 4.04. The number of nitrogens with zero attached hydrogens (tertiary/aromatic N) is 2. The van der Waals surface area contributed by atoms with Crippen LogP contribution in [0.25, 0.3) is 0 Å². The molecule has 1 aliphatic heterocycles. The monoisotopic (exact) mass is 249 g/mol. The van der Waals surface area contributed by atoms with Crippen LogP contribution in [0.1, 0.15) is 24.0 Å². The SMILES string of the molecule is COc1ccc(CN2CCCC2)cc1C(N)=NO. The number of nitrogens with two attached hydrogens (primary N) is 1. The zero-order valence-electron chi connectivity index (χ0n) is 10.6. The molecule has 18 heavy (non-hydrogen) atoms. The molecule has 1 aliphatic rings. The van der Waals surface area contributed by atoms with Gasteiger partial charge in [-0.25, -0.2) is 0 Å². The number of hydrogen-bond donors (Lipinski definition) is 2. The fourth-order valence-electron chi connectivity index (χ4n) is 2.31. The lowest BCUT2D eigenvalue weighted by Gasteiger charge is -2.16. The Morgan fingerprint density at radius 2 is 2.17 bits per heavy atom. The van der Waals surface area contributed by atoms with Crippen LogP contribution < -0.4 is 10.5 Å². The lowest BCUT2D eigenvalue weighted by atomic mass is 10.1. The van der Waals surface area contributed by atoms with E-state index in [2.05, 4.69) is 10.1 Å². The summed E-state index contributed by atoms with van der Waals surface area (Å²) in [5, 5.41) is 11.8. The predicted molar refractivity (Wildman–Crippen MR) is 70.0 cm³/mol. The van der Waals surface area contributed by atoms with Crippen LogP contribution in [0.5, 0.6) is 5.75 Å². The fourth-order valence-corrected chi connectivity index (χ4v) is 2.31. The first-order valence-electron chi connectivity index (χ1n) is 6.11. The van der Waals surface area contributed by atoms with Crippen LogP contribution in [0.3, 0.4) is 0 Å². The van der Waals surface area contributed by atoms with Crippen LogP contribution in [-0.2, 0) is 6.54 Å². The Hall–Kier alpha value is -1.75. The van der Waals surface area contributed by atoms with Gasteiger partial charge in [0.2, 0.25) is 0 Å². The number of rotatable bonds is 4. The second kappa shape index (κ2) is 5.73. The highest BCUT2D eigenvalue weighted by molar-refractivity contribution is 5.99. The molecule has 1 fully saturated rings. The number of oxime groups is 1. The summed E-state index contributed by atoms with van der Waals surface area (Å²) in [6.45, 7) is 3.19. The molecule has 0 spiro atoms. The van der Waals surface area contributed by atoms with E-state index in [-0.39, 0.29) is 5.84 Å². The molecule has 1 aromatic rings. The molecule has 0 aromatic heterocycles.